The minimum atomic E-state index is 1.22. The summed E-state index contributed by atoms with van der Waals surface area (Å²) in [5.41, 5.74) is 4.52. The number of benzene rings is 1. The van der Waals surface area contributed by atoms with E-state index in [9.17, 15) is 0 Å². The van der Waals surface area contributed by atoms with Crippen LogP contribution in [0.5, 0.6) is 0 Å². The Labute approximate surface area is 113 Å². The van der Waals surface area contributed by atoms with Crippen LogP contribution in [0.2, 0.25) is 0 Å². The van der Waals surface area contributed by atoms with Crippen molar-refractivity contribution in [1.29, 1.82) is 0 Å². The highest BCUT2D eigenvalue weighted by atomic mass is 15.1. The highest BCUT2D eigenvalue weighted by Crippen LogP contribution is 2.26. The first-order chi connectivity index (χ1) is 8.83. The molecule has 0 amide bonds. The van der Waals surface area contributed by atoms with Gasteiger partial charge < -0.3 is 4.90 Å². The van der Waals surface area contributed by atoms with E-state index in [2.05, 4.69) is 36.9 Å². The summed E-state index contributed by atoms with van der Waals surface area (Å²) < 4.78 is 0. The largest absolute Gasteiger partial charge is 0.371 e. The summed E-state index contributed by atoms with van der Waals surface area (Å²) in [5, 5.41) is 0. The van der Waals surface area contributed by atoms with Crippen molar-refractivity contribution in [3.05, 3.63) is 29.3 Å². The molecule has 1 heteroatoms. The molecule has 0 aliphatic carbocycles. The number of nitrogens with zero attached hydrogens (tertiary/aromatic N) is 1. The van der Waals surface area contributed by atoms with Crippen molar-refractivity contribution in [3.8, 4) is 0 Å². The van der Waals surface area contributed by atoms with Crippen molar-refractivity contribution in [2.45, 2.75) is 59.8 Å². The van der Waals surface area contributed by atoms with E-state index < -0.39 is 0 Å². The summed E-state index contributed by atoms with van der Waals surface area (Å²) >= 11 is 0. The second-order valence-electron chi connectivity index (χ2n) is 4.86. The third kappa shape index (κ3) is 3.76. The van der Waals surface area contributed by atoms with Gasteiger partial charge in [0.2, 0.25) is 0 Å². The molecule has 0 spiro atoms. The van der Waals surface area contributed by atoms with Crippen molar-refractivity contribution in [2.24, 2.45) is 0 Å². The summed E-state index contributed by atoms with van der Waals surface area (Å²) in [6.07, 6.45) is 6.58. The molecule has 0 bridgehead atoms. The molecule has 2 rings (SSSR count). The molecule has 1 nitrogen and oxygen atoms in total. The van der Waals surface area contributed by atoms with E-state index in [0.29, 0.717) is 0 Å². The van der Waals surface area contributed by atoms with E-state index in [1.165, 1.54) is 62.0 Å². The third-order valence-corrected chi connectivity index (χ3v) is 3.63. The average Bonchev–Trinajstić information content (AvgIpc) is 2.45. The van der Waals surface area contributed by atoms with Gasteiger partial charge in [0, 0.05) is 18.8 Å². The minimum Gasteiger partial charge on any atom is -0.371 e. The standard InChI is InChI=1S/C15H23N.C2H6/c1-3-8-14-9-7-10-15(13(14)2)16-11-5-4-6-12-16;1-2/h7,9-10H,3-6,8,11-12H2,1-2H3;1-2H3. The Morgan fingerprint density at radius 2 is 1.72 bits per heavy atom. The molecule has 102 valence electrons. The Bertz CT molecular complexity index is 337. The van der Waals surface area contributed by atoms with Crippen LogP contribution < -0.4 is 4.90 Å². The highest BCUT2D eigenvalue weighted by Gasteiger charge is 2.13. The molecule has 0 N–H and O–H groups in total. The maximum atomic E-state index is 2.57. The normalized spacial score (nSPS) is 15.0. The van der Waals surface area contributed by atoms with Gasteiger partial charge in [-0.05, 0) is 49.8 Å². The number of anilines is 1. The number of piperidine rings is 1. The highest BCUT2D eigenvalue weighted by molar-refractivity contribution is 5.56. The monoisotopic (exact) mass is 247 g/mol. The summed E-state index contributed by atoms with van der Waals surface area (Å²) in [5.74, 6) is 0. The van der Waals surface area contributed by atoms with E-state index in [1.807, 2.05) is 13.8 Å². The maximum absolute atomic E-state index is 2.57. The fourth-order valence-corrected chi connectivity index (χ4v) is 2.69. The topological polar surface area (TPSA) is 3.24 Å². The van der Waals surface area contributed by atoms with Crippen LogP contribution in [0.1, 0.15) is 57.6 Å². The van der Waals surface area contributed by atoms with E-state index in [4.69, 9.17) is 0 Å². The number of rotatable bonds is 3. The zero-order valence-electron chi connectivity index (χ0n) is 12.6. The smallest absolute Gasteiger partial charge is 0.0398 e. The molecule has 0 aromatic heterocycles. The lowest BCUT2D eigenvalue weighted by Crippen LogP contribution is -2.30. The Hall–Kier alpha value is -0.980. The first-order valence-corrected chi connectivity index (χ1v) is 7.66. The molecule has 1 aliphatic rings. The van der Waals surface area contributed by atoms with Gasteiger partial charge >= 0.3 is 0 Å². The second-order valence-corrected chi connectivity index (χ2v) is 4.86. The van der Waals surface area contributed by atoms with Crippen molar-refractivity contribution in [1.82, 2.24) is 0 Å². The van der Waals surface area contributed by atoms with Gasteiger partial charge in [-0.3, -0.25) is 0 Å². The maximum Gasteiger partial charge on any atom is 0.0398 e. The van der Waals surface area contributed by atoms with Crippen LogP contribution >= 0.6 is 0 Å². The van der Waals surface area contributed by atoms with Crippen LogP contribution in [0.4, 0.5) is 5.69 Å². The quantitative estimate of drug-likeness (QED) is 0.729. The molecule has 0 unspecified atom stereocenters. The average molecular weight is 247 g/mol. The van der Waals surface area contributed by atoms with Crippen LogP contribution in [-0.4, -0.2) is 13.1 Å². The third-order valence-electron chi connectivity index (χ3n) is 3.63. The van der Waals surface area contributed by atoms with Gasteiger partial charge in [-0.25, -0.2) is 0 Å². The molecule has 1 saturated heterocycles. The van der Waals surface area contributed by atoms with Gasteiger partial charge in [0.15, 0.2) is 0 Å². The summed E-state index contributed by atoms with van der Waals surface area (Å²) in [7, 11) is 0. The summed E-state index contributed by atoms with van der Waals surface area (Å²) in [6, 6.07) is 6.80. The van der Waals surface area contributed by atoms with Gasteiger partial charge in [-0.15, -0.1) is 0 Å². The predicted molar refractivity (Wildman–Crippen MR) is 82.6 cm³/mol. The lowest BCUT2D eigenvalue weighted by Gasteiger charge is -2.30. The Kier molecular flexibility index (Phi) is 6.85. The van der Waals surface area contributed by atoms with E-state index in [0.717, 1.165) is 0 Å². The summed E-state index contributed by atoms with van der Waals surface area (Å²) in [4.78, 5) is 2.57. The van der Waals surface area contributed by atoms with Crippen molar-refractivity contribution in [3.63, 3.8) is 0 Å². The first-order valence-electron chi connectivity index (χ1n) is 7.66. The lowest BCUT2D eigenvalue weighted by atomic mass is 10.0. The zero-order valence-corrected chi connectivity index (χ0v) is 12.6. The fraction of sp³-hybridized carbons (Fsp3) is 0.647. The number of hydrogen-bond donors (Lipinski definition) is 0. The molecule has 1 fully saturated rings. The molecule has 0 saturated carbocycles. The molecule has 1 heterocycles. The molecule has 1 aliphatic heterocycles. The zero-order chi connectivity index (χ0) is 13.4. The van der Waals surface area contributed by atoms with Gasteiger partial charge in [-0.1, -0.05) is 39.3 Å². The van der Waals surface area contributed by atoms with Crippen LogP contribution in [0, 0.1) is 6.92 Å². The number of aryl methyl sites for hydroxylation is 1. The SMILES string of the molecule is CC.CCCc1cccc(N2CCCCC2)c1C. The molecule has 1 aromatic carbocycles. The van der Waals surface area contributed by atoms with Gasteiger partial charge in [-0.2, -0.15) is 0 Å². The van der Waals surface area contributed by atoms with Crippen molar-refractivity contribution < 1.29 is 0 Å². The molecule has 0 atom stereocenters. The van der Waals surface area contributed by atoms with Crippen LogP contribution in [0.3, 0.4) is 0 Å². The summed E-state index contributed by atoms with van der Waals surface area (Å²) in [6.45, 7) is 11.0. The van der Waals surface area contributed by atoms with Gasteiger partial charge in [0.1, 0.15) is 0 Å². The fourth-order valence-electron chi connectivity index (χ4n) is 2.69. The lowest BCUT2D eigenvalue weighted by molar-refractivity contribution is 0.577. The van der Waals surface area contributed by atoms with Crippen molar-refractivity contribution >= 4 is 5.69 Å². The predicted octanol–water partition coefficient (Wildman–Crippen LogP) is 4.96. The first kappa shape index (κ1) is 15.1. The van der Waals surface area contributed by atoms with Crippen LogP contribution in [-0.2, 0) is 6.42 Å². The molecule has 1 aromatic rings. The molecule has 18 heavy (non-hydrogen) atoms. The second kappa shape index (κ2) is 8.18. The van der Waals surface area contributed by atoms with Gasteiger partial charge in [0.05, 0.1) is 0 Å². The molecular weight excluding hydrogens is 218 g/mol. The van der Waals surface area contributed by atoms with Crippen LogP contribution in [0.15, 0.2) is 18.2 Å². The van der Waals surface area contributed by atoms with E-state index in [1.54, 1.807) is 0 Å². The van der Waals surface area contributed by atoms with Gasteiger partial charge in [0.25, 0.3) is 0 Å². The Balaban J connectivity index is 0.000000771. The molecule has 0 radical (unpaired) electrons. The van der Waals surface area contributed by atoms with Crippen LogP contribution in [0.25, 0.3) is 0 Å². The Morgan fingerprint density at radius 3 is 2.33 bits per heavy atom. The minimum absolute atomic E-state index is 1.22. The van der Waals surface area contributed by atoms with E-state index in [-0.39, 0.29) is 0 Å². The van der Waals surface area contributed by atoms with Crippen molar-refractivity contribution in [2.75, 3.05) is 18.0 Å². The Morgan fingerprint density at radius 1 is 1.06 bits per heavy atom. The molecular formula is C17H29N. The number of hydrogen-bond acceptors (Lipinski definition) is 1. The van der Waals surface area contributed by atoms with E-state index >= 15 is 0 Å².